The summed E-state index contributed by atoms with van der Waals surface area (Å²) in [5.41, 5.74) is 4.19. The molecule has 5 atom stereocenters. The smallest absolute Gasteiger partial charge is 0.243 e. The van der Waals surface area contributed by atoms with Gasteiger partial charge in [-0.25, -0.2) is 17.5 Å². The van der Waals surface area contributed by atoms with Crippen molar-refractivity contribution in [2.24, 2.45) is 28.9 Å². The molecule has 0 heterocycles. The number of primary amides is 1. The Morgan fingerprint density at radius 1 is 1.16 bits per heavy atom. The summed E-state index contributed by atoms with van der Waals surface area (Å²) in [5.74, 6) is -0.386. The van der Waals surface area contributed by atoms with Crippen LogP contribution in [0, 0.1) is 29.0 Å². The number of hydrogen-bond donors (Lipinski definition) is 3. The zero-order chi connectivity index (χ0) is 22.6. The van der Waals surface area contributed by atoms with E-state index in [1.54, 1.807) is 13.8 Å². The maximum absolute atomic E-state index is 14.0. The largest absolute Gasteiger partial charge is 0.369 e. The van der Waals surface area contributed by atoms with Crippen LogP contribution in [0.5, 0.6) is 0 Å². The predicted octanol–water partition coefficient (Wildman–Crippen LogP) is 2.07. The van der Waals surface area contributed by atoms with Gasteiger partial charge in [0.2, 0.25) is 21.8 Å². The molecule has 5 rings (SSSR count). The third kappa shape index (κ3) is 4.22. The number of nitrogens with two attached hydrogens (primary N) is 1. The minimum absolute atomic E-state index is 0.0181. The molecule has 1 aromatic carbocycles. The number of carbonyl (C=O) groups is 2. The highest BCUT2D eigenvalue weighted by atomic mass is 32.2. The fourth-order valence-corrected chi connectivity index (χ4v) is 7.81. The molecule has 3 unspecified atom stereocenters. The van der Waals surface area contributed by atoms with Gasteiger partial charge >= 0.3 is 0 Å². The standard InChI is InChI=1S/C22H30FN3O4S/c1-21(2,26-31(29,30)17-6-4-3-5-16(17)23)12-18(27)25-19-14-7-13-8-15(19)11-22(9-13,10-14)20(24)28/h3-6,13-15,19,26H,7-12H2,1-2H3,(H2,24,28)(H,25,27)/t13?,14-,15+,19?,22?. The first-order chi connectivity index (χ1) is 14.4. The Morgan fingerprint density at radius 2 is 1.77 bits per heavy atom. The lowest BCUT2D eigenvalue weighted by atomic mass is 9.47. The first-order valence-corrected chi connectivity index (χ1v) is 12.3. The molecule has 2 amide bonds. The van der Waals surface area contributed by atoms with Crippen LogP contribution in [-0.4, -0.2) is 31.8 Å². The van der Waals surface area contributed by atoms with Crippen molar-refractivity contribution in [1.82, 2.24) is 10.0 Å². The number of nitrogens with one attached hydrogen (secondary N) is 2. The highest BCUT2D eigenvalue weighted by Crippen LogP contribution is 2.59. The highest BCUT2D eigenvalue weighted by molar-refractivity contribution is 7.89. The van der Waals surface area contributed by atoms with E-state index < -0.39 is 31.7 Å². The minimum atomic E-state index is -4.12. The number of rotatable bonds is 7. The molecule has 9 heteroatoms. The average molecular weight is 452 g/mol. The normalized spacial score (nSPS) is 32.1. The number of halogens is 1. The number of carbonyl (C=O) groups excluding carboxylic acids is 2. The average Bonchev–Trinajstić information content (AvgIpc) is 2.63. The van der Waals surface area contributed by atoms with Crippen LogP contribution in [0.15, 0.2) is 29.2 Å². The summed E-state index contributed by atoms with van der Waals surface area (Å²) in [6.45, 7) is 3.20. The molecule has 0 aromatic heterocycles. The van der Waals surface area contributed by atoms with Gasteiger partial charge in [0.25, 0.3) is 0 Å². The summed E-state index contributed by atoms with van der Waals surface area (Å²) >= 11 is 0. The van der Waals surface area contributed by atoms with Crippen LogP contribution in [-0.2, 0) is 19.6 Å². The molecule has 4 aliphatic rings. The van der Waals surface area contributed by atoms with Gasteiger partial charge in [0.15, 0.2) is 0 Å². The Labute approximate surface area is 182 Å². The lowest BCUT2D eigenvalue weighted by Crippen LogP contribution is -2.62. The van der Waals surface area contributed by atoms with Gasteiger partial charge < -0.3 is 11.1 Å². The molecule has 31 heavy (non-hydrogen) atoms. The Bertz CT molecular complexity index is 994. The van der Waals surface area contributed by atoms with Crippen LogP contribution in [0.1, 0.15) is 52.4 Å². The molecule has 170 valence electrons. The fraction of sp³-hybridized carbons (Fsp3) is 0.636. The van der Waals surface area contributed by atoms with E-state index in [-0.39, 0.29) is 36.1 Å². The van der Waals surface area contributed by atoms with Crippen molar-refractivity contribution in [2.45, 2.75) is 68.8 Å². The van der Waals surface area contributed by atoms with E-state index in [1.165, 1.54) is 18.2 Å². The van der Waals surface area contributed by atoms with Gasteiger partial charge in [-0.3, -0.25) is 9.59 Å². The van der Waals surface area contributed by atoms with Crippen LogP contribution < -0.4 is 15.8 Å². The number of hydrogen-bond acceptors (Lipinski definition) is 4. The monoisotopic (exact) mass is 451 g/mol. The van der Waals surface area contributed by atoms with E-state index in [4.69, 9.17) is 5.73 Å². The Balaban J connectivity index is 1.41. The third-order valence-electron chi connectivity index (χ3n) is 7.26. The van der Waals surface area contributed by atoms with Crippen LogP contribution in [0.2, 0.25) is 0 Å². The van der Waals surface area contributed by atoms with Crippen molar-refractivity contribution in [1.29, 1.82) is 0 Å². The summed E-state index contributed by atoms with van der Waals surface area (Å²) in [4.78, 5) is 24.5. The fourth-order valence-electron chi connectivity index (χ4n) is 6.32. The van der Waals surface area contributed by atoms with Gasteiger partial charge in [0.05, 0.1) is 0 Å². The molecule has 4 N–H and O–H groups in total. The topological polar surface area (TPSA) is 118 Å². The molecule has 0 radical (unpaired) electrons. The second kappa shape index (κ2) is 7.55. The summed E-state index contributed by atoms with van der Waals surface area (Å²) in [7, 11) is -4.12. The van der Waals surface area contributed by atoms with E-state index in [9.17, 15) is 22.4 Å². The highest BCUT2D eigenvalue weighted by Gasteiger charge is 2.58. The van der Waals surface area contributed by atoms with E-state index in [0.29, 0.717) is 18.8 Å². The van der Waals surface area contributed by atoms with Crippen LogP contribution >= 0.6 is 0 Å². The molecule has 4 bridgehead atoms. The lowest BCUT2D eigenvalue weighted by molar-refractivity contribution is -0.147. The van der Waals surface area contributed by atoms with Crippen molar-refractivity contribution >= 4 is 21.8 Å². The van der Waals surface area contributed by atoms with Crippen LogP contribution in [0.4, 0.5) is 4.39 Å². The molecule has 0 aliphatic heterocycles. The minimum Gasteiger partial charge on any atom is -0.369 e. The predicted molar refractivity (Wildman–Crippen MR) is 113 cm³/mol. The molecular formula is C22H30FN3O4S. The molecule has 7 nitrogen and oxygen atoms in total. The maximum atomic E-state index is 14.0. The third-order valence-corrected chi connectivity index (χ3v) is 8.99. The van der Waals surface area contributed by atoms with Crippen LogP contribution in [0.25, 0.3) is 0 Å². The number of sulfonamides is 1. The van der Waals surface area contributed by atoms with Crippen LogP contribution in [0.3, 0.4) is 0 Å². The summed E-state index contributed by atoms with van der Waals surface area (Å²) < 4.78 is 41.6. The van der Waals surface area contributed by atoms with Gasteiger partial charge in [0.1, 0.15) is 10.7 Å². The van der Waals surface area contributed by atoms with Gasteiger partial charge in [-0.1, -0.05) is 12.1 Å². The second-order valence-electron chi connectivity index (χ2n) is 10.3. The second-order valence-corrected chi connectivity index (χ2v) is 12.0. The molecule has 4 aliphatic carbocycles. The zero-order valence-corrected chi connectivity index (χ0v) is 18.7. The number of amides is 2. The zero-order valence-electron chi connectivity index (χ0n) is 17.9. The molecule has 0 saturated heterocycles. The van der Waals surface area contributed by atoms with Crippen molar-refractivity contribution in [3.8, 4) is 0 Å². The molecule has 4 fully saturated rings. The van der Waals surface area contributed by atoms with E-state index in [1.807, 2.05) is 0 Å². The Kier molecular flexibility index (Phi) is 5.41. The lowest BCUT2D eigenvalue weighted by Gasteiger charge is -2.58. The molecule has 4 saturated carbocycles. The first kappa shape index (κ1) is 22.2. The van der Waals surface area contributed by atoms with Gasteiger partial charge in [-0.2, -0.15) is 0 Å². The summed E-state index contributed by atoms with van der Waals surface area (Å²) in [6.07, 6.45) is 4.18. The molecular weight excluding hydrogens is 421 g/mol. The maximum Gasteiger partial charge on any atom is 0.243 e. The van der Waals surface area contributed by atoms with Gasteiger partial charge in [0, 0.05) is 23.4 Å². The Hall–Kier alpha value is -2.00. The SMILES string of the molecule is CC(C)(CC(=O)NC1[C@@H]2CC3C[C@H]1CC(C(N)=O)(C3)C2)NS(=O)(=O)c1ccccc1F. The number of benzene rings is 1. The van der Waals surface area contributed by atoms with Crippen molar-refractivity contribution in [3.63, 3.8) is 0 Å². The van der Waals surface area contributed by atoms with Crippen molar-refractivity contribution in [3.05, 3.63) is 30.1 Å². The van der Waals surface area contributed by atoms with Gasteiger partial charge in [-0.15, -0.1) is 0 Å². The van der Waals surface area contributed by atoms with E-state index in [0.717, 1.165) is 25.3 Å². The summed E-state index contributed by atoms with van der Waals surface area (Å²) in [6, 6.07) is 5.12. The van der Waals surface area contributed by atoms with Gasteiger partial charge in [-0.05, 0) is 75.8 Å². The van der Waals surface area contributed by atoms with Crippen molar-refractivity contribution < 1.29 is 22.4 Å². The summed E-state index contributed by atoms with van der Waals surface area (Å²) in [5, 5.41) is 3.11. The van der Waals surface area contributed by atoms with E-state index >= 15 is 0 Å². The quantitative estimate of drug-likeness (QED) is 0.588. The van der Waals surface area contributed by atoms with Crippen molar-refractivity contribution in [2.75, 3.05) is 0 Å². The first-order valence-electron chi connectivity index (χ1n) is 10.8. The molecule has 1 aromatic rings. The Morgan fingerprint density at radius 3 is 2.35 bits per heavy atom. The van der Waals surface area contributed by atoms with E-state index in [2.05, 4.69) is 10.0 Å². The molecule has 0 spiro atoms.